The smallest absolute Gasteiger partial charge is 0.254 e. The Bertz CT molecular complexity index is 698. The number of carbonyl (C=O) groups is 2. The molecule has 1 aromatic carbocycles. The highest BCUT2D eigenvalue weighted by Crippen LogP contribution is 2.34. The van der Waals surface area contributed by atoms with E-state index in [0.717, 1.165) is 19.4 Å². The second-order valence-electron chi connectivity index (χ2n) is 7.88. The summed E-state index contributed by atoms with van der Waals surface area (Å²) in [6.45, 7) is 3.75. The van der Waals surface area contributed by atoms with Crippen LogP contribution >= 0.6 is 0 Å². The van der Waals surface area contributed by atoms with Crippen LogP contribution in [0.15, 0.2) is 18.2 Å². The monoisotopic (exact) mass is 342 g/mol. The molecule has 1 aliphatic carbocycles. The van der Waals surface area contributed by atoms with Gasteiger partial charge in [0, 0.05) is 36.8 Å². The first-order valence-corrected chi connectivity index (χ1v) is 9.43. The highest BCUT2D eigenvalue weighted by Gasteiger charge is 2.43. The van der Waals surface area contributed by atoms with Crippen molar-refractivity contribution in [3.05, 3.63) is 29.3 Å². The van der Waals surface area contributed by atoms with Gasteiger partial charge in [-0.05, 0) is 50.7 Å². The van der Waals surface area contributed by atoms with Crippen LogP contribution in [0.4, 0.5) is 0 Å². The summed E-state index contributed by atoms with van der Waals surface area (Å²) < 4.78 is 0. The van der Waals surface area contributed by atoms with E-state index in [2.05, 4.69) is 4.90 Å². The lowest BCUT2D eigenvalue weighted by Gasteiger charge is -2.40. The predicted molar refractivity (Wildman–Crippen MR) is 94.3 cm³/mol. The average Bonchev–Trinajstić information content (AvgIpc) is 2.84. The number of piperidine rings is 1. The molecule has 134 valence electrons. The lowest BCUT2D eigenvalue weighted by molar-refractivity contribution is -0.141. The van der Waals surface area contributed by atoms with E-state index >= 15 is 0 Å². The van der Waals surface area contributed by atoms with E-state index in [1.54, 1.807) is 25.1 Å². The molecule has 5 nitrogen and oxygen atoms in total. The molecule has 0 spiro atoms. The minimum Gasteiger partial charge on any atom is -0.508 e. The summed E-state index contributed by atoms with van der Waals surface area (Å²) in [5, 5.41) is 9.90. The molecule has 3 saturated heterocycles. The van der Waals surface area contributed by atoms with Crippen molar-refractivity contribution in [2.75, 3.05) is 19.6 Å². The number of nitrogens with zero attached hydrogens (tertiary/aromatic N) is 2. The number of fused-ring (bicyclic) bond motifs is 4. The van der Waals surface area contributed by atoms with Crippen molar-refractivity contribution in [2.24, 2.45) is 11.8 Å². The molecule has 0 radical (unpaired) electrons. The van der Waals surface area contributed by atoms with Crippen molar-refractivity contribution in [3.63, 3.8) is 0 Å². The fourth-order valence-corrected chi connectivity index (χ4v) is 4.43. The van der Waals surface area contributed by atoms with Crippen molar-refractivity contribution in [3.8, 4) is 5.75 Å². The Kier molecular flexibility index (Phi) is 4.18. The average molecular weight is 342 g/mol. The van der Waals surface area contributed by atoms with E-state index in [0.29, 0.717) is 30.1 Å². The maximum absolute atomic E-state index is 13.0. The SMILES string of the molecule is Cc1c(O)cccc1C(=O)N1C[C@H]2CC[C@@H](C1)N(CC1CCC1)C2=O. The van der Waals surface area contributed by atoms with E-state index < -0.39 is 0 Å². The number of hydrogen-bond acceptors (Lipinski definition) is 3. The minimum atomic E-state index is -0.0691. The topological polar surface area (TPSA) is 60.9 Å². The number of aromatic hydroxyl groups is 1. The van der Waals surface area contributed by atoms with E-state index in [4.69, 9.17) is 0 Å². The van der Waals surface area contributed by atoms with Crippen LogP contribution in [0.5, 0.6) is 5.75 Å². The lowest BCUT2D eigenvalue weighted by Crippen LogP contribution is -2.50. The van der Waals surface area contributed by atoms with E-state index in [1.807, 2.05) is 4.90 Å². The number of hydrogen-bond donors (Lipinski definition) is 1. The molecule has 5 heteroatoms. The molecule has 1 saturated carbocycles. The van der Waals surface area contributed by atoms with Crippen LogP contribution in [-0.4, -0.2) is 52.4 Å². The standard InChI is InChI=1S/C20H26N2O3/c1-13-17(6-3-7-18(13)23)20(25)21-11-15-8-9-16(12-21)22(19(15)24)10-14-4-2-5-14/h3,6-7,14-16,23H,2,4-5,8-12H2,1H3/t15-,16+/m1/s1. The van der Waals surface area contributed by atoms with Gasteiger partial charge in [-0.1, -0.05) is 12.5 Å². The van der Waals surface area contributed by atoms with Crippen LogP contribution in [0.1, 0.15) is 48.0 Å². The van der Waals surface area contributed by atoms with Crippen molar-refractivity contribution < 1.29 is 14.7 Å². The molecular weight excluding hydrogens is 316 g/mol. The van der Waals surface area contributed by atoms with Gasteiger partial charge < -0.3 is 14.9 Å². The van der Waals surface area contributed by atoms with Crippen LogP contribution in [0, 0.1) is 18.8 Å². The summed E-state index contributed by atoms with van der Waals surface area (Å²) in [6, 6.07) is 5.21. The molecule has 4 aliphatic rings. The Morgan fingerprint density at radius 3 is 2.72 bits per heavy atom. The molecule has 3 aliphatic heterocycles. The molecule has 2 bridgehead atoms. The van der Waals surface area contributed by atoms with Gasteiger partial charge in [-0.3, -0.25) is 9.59 Å². The third-order valence-corrected chi connectivity index (χ3v) is 6.30. The third kappa shape index (κ3) is 2.90. The molecule has 2 amide bonds. The van der Waals surface area contributed by atoms with Crippen molar-refractivity contribution >= 4 is 11.8 Å². The first-order chi connectivity index (χ1) is 12.0. The molecule has 0 aromatic heterocycles. The van der Waals surface area contributed by atoms with E-state index in [-0.39, 0.29) is 29.5 Å². The molecule has 2 atom stereocenters. The normalized spacial score (nSPS) is 26.5. The minimum absolute atomic E-state index is 0.0661. The van der Waals surface area contributed by atoms with Crippen molar-refractivity contribution in [1.82, 2.24) is 9.80 Å². The van der Waals surface area contributed by atoms with Crippen LogP contribution in [-0.2, 0) is 4.79 Å². The second kappa shape index (κ2) is 6.36. The summed E-state index contributed by atoms with van der Waals surface area (Å²) in [5.74, 6) is 0.905. The summed E-state index contributed by atoms with van der Waals surface area (Å²) in [5.41, 5.74) is 1.15. The maximum atomic E-state index is 13.0. The first-order valence-electron chi connectivity index (χ1n) is 9.43. The first kappa shape index (κ1) is 16.4. The zero-order valence-electron chi connectivity index (χ0n) is 14.8. The molecule has 25 heavy (non-hydrogen) atoms. The zero-order chi connectivity index (χ0) is 17.6. The van der Waals surface area contributed by atoms with Crippen molar-refractivity contribution in [1.29, 1.82) is 0 Å². The number of amides is 2. The van der Waals surface area contributed by atoms with Crippen LogP contribution in [0.2, 0.25) is 0 Å². The van der Waals surface area contributed by atoms with Gasteiger partial charge in [-0.2, -0.15) is 0 Å². The molecule has 1 aromatic rings. The number of rotatable bonds is 3. The van der Waals surface area contributed by atoms with Gasteiger partial charge in [-0.25, -0.2) is 0 Å². The predicted octanol–water partition coefficient (Wildman–Crippen LogP) is 2.56. The number of phenols is 1. The largest absolute Gasteiger partial charge is 0.508 e. The highest BCUT2D eigenvalue weighted by atomic mass is 16.3. The Balaban J connectivity index is 1.55. The second-order valence-corrected chi connectivity index (χ2v) is 7.88. The van der Waals surface area contributed by atoms with Gasteiger partial charge in [-0.15, -0.1) is 0 Å². The lowest BCUT2D eigenvalue weighted by atomic mass is 9.83. The molecule has 3 heterocycles. The van der Waals surface area contributed by atoms with Crippen LogP contribution < -0.4 is 0 Å². The van der Waals surface area contributed by atoms with Crippen LogP contribution in [0.25, 0.3) is 0 Å². The fourth-order valence-electron chi connectivity index (χ4n) is 4.43. The third-order valence-electron chi connectivity index (χ3n) is 6.30. The Morgan fingerprint density at radius 2 is 2.00 bits per heavy atom. The molecule has 5 rings (SSSR count). The summed E-state index contributed by atoms with van der Waals surface area (Å²) in [4.78, 5) is 29.8. The Morgan fingerprint density at radius 1 is 1.20 bits per heavy atom. The van der Waals surface area contributed by atoms with Gasteiger partial charge in [0.2, 0.25) is 5.91 Å². The van der Waals surface area contributed by atoms with E-state index in [1.165, 1.54) is 19.3 Å². The van der Waals surface area contributed by atoms with Gasteiger partial charge in [0.05, 0.1) is 5.92 Å². The van der Waals surface area contributed by atoms with Gasteiger partial charge in [0.15, 0.2) is 0 Å². The summed E-state index contributed by atoms with van der Waals surface area (Å²) >= 11 is 0. The molecule has 1 N–H and O–H groups in total. The fraction of sp³-hybridized carbons (Fsp3) is 0.600. The molecular formula is C20H26N2O3. The Labute approximate surface area is 148 Å². The Hall–Kier alpha value is -2.04. The van der Waals surface area contributed by atoms with Crippen LogP contribution in [0.3, 0.4) is 0 Å². The molecule has 0 unspecified atom stereocenters. The number of phenolic OH excluding ortho intramolecular Hbond substituents is 1. The number of carbonyl (C=O) groups excluding carboxylic acids is 2. The molecule has 4 fully saturated rings. The van der Waals surface area contributed by atoms with E-state index in [9.17, 15) is 14.7 Å². The zero-order valence-corrected chi connectivity index (χ0v) is 14.8. The summed E-state index contributed by atoms with van der Waals surface area (Å²) in [6.07, 6.45) is 5.61. The summed E-state index contributed by atoms with van der Waals surface area (Å²) in [7, 11) is 0. The van der Waals surface area contributed by atoms with Gasteiger partial charge in [0.25, 0.3) is 5.91 Å². The van der Waals surface area contributed by atoms with Crippen molar-refractivity contribution in [2.45, 2.75) is 45.1 Å². The quantitative estimate of drug-likeness (QED) is 0.918. The van der Waals surface area contributed by atoms with Gasteiger partial charge >= 0.3 is 0 Å². The highest BCUT2D eigenvalue weighted by molar-refractivity contribution is 5.97. The van der Waals surface area contributed by atoms with Gasteiger partial charge in [0.1, 0.15) is 5.75 Å². The number of benzene rings is 1. The maximum Gasteiger partial charge on any atom is 0.254 e.